The smallest absolute Gasteiger partial charge is 0.223 e. The summed E-state index contributed by atoms with van der Waals surface area (Å²) in [6.07, 6.45) is 3.58. The standard InChI is InChI=1S/C11H17NO2/c1-3-5-9(2)11(13)12-8-10-6-4-7-14-10/h4,6-7,9H,3,5,8H2,1-2H3,(H,12,13)/t9-/m1/s1. The Hall–Kier alpha value is -1.25. The number of hydrogen-bond donors (Lipinski definition) is 1. The van der Waals surface area contributed by atoms with E-state index in [0.717, 1.165) is 18.6 Å². The molecule has 0 aliphatic rings. The summed E-state index contributed by atoms with van der Waals surface area (Å²) in [5, 5.41) is 2.84. The number of amides is 1. The molecule has 3 heteroatoms. The van der Waals surface area contributed by atoms with Crippen molar-refractivity contribution in [2.24, 2.45) is 5.92 Å². The number of furan rings is 1. The molecule has 0 aliphatic carbocycles. The van der Waals surface area contributed by atoms with Crippen molar-refractivity contribution in [3.05, 3.63) is 24.2 Å². The Morgan fingerprint density at radius 2 is 2.43 bits per heavy atom. The SMILES string of the molecule is CCC[C@@H](C)C(=O)NCc1ccco1. The molecule has 0 saturated carbocycles. The van der Waals surface area contributed by atoms with Gasteiger partial charge in [0.25, 0.3) is 0 Å². The molecule has 3 nitrogen and oxygen atoms in total. The lowest BCUT2D eigenvalue weighted by molar-refractivity contribution is -0.124. The van der Waals surface area contributed by atoms with Gasteiger partial charge in [-0.2, -0.15) is 0 Å². The van der Waals surface area contributed by atoms with Gasteiger partial charge in [-0.3, -0.25) is 4.79 Å². The molecule has 0 unspecified atom stereocenters. The minimum Gasteiger partial charge on any atom is -0.467 e. The molecule has 1 aromatic heterocycles. The zero-order valence-corrected chi connectivity index (χ0v) is 8.75. The first-order valence-corrected chi connectivity index (χ1v) is 5.04. The van der Waals surface area contributed by atoms with Gasteiger partial charge in [0, 0.05) is 5.92 Å². The van der Waals surface area contributed by atoms with Gasteiger partial charge in [-0.25, -0.2) is 0 Å². The van der Waals surface area contributed by atoms with Crippen LogP contribution in [0.1, 0.15) is 32.4 Å². The van der Waals surface area contributed by atoms with Crippen LogP contribution in [0.2, 0.25) is 0 Å². The Morgan fingerprint density at radius 3 is 3.00 bits per heavy atom. The maximum absolute atomic E-state index is 11.5. The van der Waals surface area contributed by atoms with E-state index >= 15 is 0 Å². The minimum absolute atomic E-state index is 0.0926. The van der Waals surface area contributed by atoms with Crippen LogP contribution in [0.4, 0.5) is 0 Å². The Bertz CT molecular complexity index is 267. The first-order chi connectivity index (χ1) is 6.74. The first-order valence-electron chi connectivity index (χ1n) is 5.04. The molecule has 0 bridgehead atoms. The fourth-order valence-corrected chi connectivity index (χ4v) is 1.33. The van der Waals surface area contributed by atoms with Crippen molar-refractivity contribution < 1.29 is 9.21 Å². The van der Waals surface area contributed by atoms with Gasteiger partial charge in [0.2, 0.25) is 5.91 Å². The van der Waals surface area contributed by atoms with Crippen molar-refractivity contribution in [2.75, 3.05) is 0 Å². The monoisotopic (exact) mass is 195 g/mol. The van der Waals surface area contributed by atoms with Crippen molar-refractivity contribution >= 4 is 5.91 Å². The molecule has 1 atom stereocenters. The van der Waals surface area contributed by atoms with E-state index < -0.39 is 0 Å². The topological polar surface area (TPSA) is 42.2 Å². The second-order valence-electron chi connectivity index (χ2n) is 3.49. The largest absolute Gasteiger partial charge is 0.467 e. The molecule has 0 radical (unpaired) electrons. The van der Waals surface area contributed by atoms with Gasteiger partial charge < -0.3 is 9.73 Å². The van der Waals surface area contributed by atoms with Gasteiger partial charge >= 0.3 is 0 Å². The summed E-state index contributed by atoms with van der Waals surface area (Å²) in [6.45, 7) is 4.51. The van der Waals surface area contributed by atoms with Crippen LogP contribution in [0.5, 0.6) is 0 Å². The molecule has 0 fully saturated rings. The average Bonchev–Trinajstić information content (AvgIpc) is 2.67. The summed E-state index contributed by atoms with van der Waals surface area (Å²) in [6, 6.07) is 3.67. The minimum atomic E-state index is 0.0926. The Balaban J connectivity index is 2.27. The van der Waals surface area contributed by atoms with Crippen molar-refractivity contribution in [2.45, 2.75) is 33.2 Å². The zero-order valence-electron chi connectivity index (χ0n) is 8.75. The second kappa shape index (κ2) is 5.47. The van der Waals surface area contributed by atoms with Crippen LogP contribution in [0, 0.1) is 5.92 Å². The van der Waals surface area contributed by atoms with E-state index in [0.29, 0.717) is 6.54 Å². The number of carbonyl (C=O) groups is 1. The van der Waals surface area contributed by atoms with E-state index in [2.05, 4.69) is 12.2 Å². The predicted molar refractivity (Wildman–Crippen MR) is 54.6 cm³/mol. The van der Waals surface area contributed by atoms with Gasteiger partial charge in [0.15, 0.2) is 0 Å². The van der Waals surface area contributed by atoms with Crippen LogP contribution in [0.15, 0.2) is 22.8 Å². The molecule has 0 saturated heterocycles. The van der Waals surface area contributed by atoms with E-state index in [4.69, 9.17) is 4.42 Å². The fraction of sp³-hybridized carbons (Fsp3) is 0.545. The normalized spacial score (nSPS) is 12.4. The van der Waals surface area contributed by atoms with Crippen LogP contribution in [0.25, 0.3) is 0 Å². The van der Waals surface area contributed by atoms with E-state index in [1.54, 1.807) is 6.26 Å². The highest BCUT2D eigenvalue weighted by atomic mass is 16.3. The van der Waals surface area contributed by atoms with Crippen LogP contribution >= 0.6 is 0 Å². The summed E-state index contributed by atoms with van der Waals surface area (Å²) in [5.74, 6) is 0.986. The van der Waals surface area contributed by atoms with Gasteiger partial charge in [0.1, 0.15) is 5.76 Å². The maximum Gasteiger partial charge on any atom is 0.223 e. The van der Waals surface area contributed by atoms with E-state index in [1.807, 2.05) is 19.1 Å². The highest BCUT2D eigenvalue weighted by molar-refractivity contribution is 5.78. The average molecular weight is 195 g/mol. The Morgan fingerprint density at radius 1 is 1.64 bits per heavy atom. The number of rotatable bonds is 5. The van der Waals surface area contributed by atoms with Crippen LogP contribution in [-0.2, 0) is 11.3 Å². The van der Waals surface area contributed by atoms with E-state index in [9.17, 15) is 4.79 Å². The summed E-state index contributed by atoms with van der Waals surface area (Å²) in [5.41, 5.74) is 0. The van der Waals surface area contributed by atoms with Crippen molar-refractivity contribution in [3.8, 4) is 0 Å². The molecule has 0 spiro atoms. The van der Waals surface area contributed by atoms with Crippen molar-refractivity contribution in [1.82, 2.24) is 5.32 Å². The Kier molecular flexibility index (Phi) is 4.23. The molecule has 78 valence electrons. The van der Waals surface area contributed by atoms with Gasteiger partial charge in [0.05, 0.1) is 12.8 Å². The third-order valence-corrected chi connectivity index (χ3v) is 2.19. The lowest BCUT2D eigenvalue weighted by Crippen LogP contribution is -2.28. The lowest BCUT2D eigenvalue weighted by atomic mass is 10.1. The molecule has 1 N–H and O–H groups in total. The first kappa shape index (κ1) is 10.8. The van der Waals surface area contributed by atoms with Gasteiger partial charge in [-0.15, -0.1) is 0 Å². The van der Waals surface area contributed by atoms with Gasteiger partial charge in [-0.1, -0.05) is 20.3 Å². The number of carbonyl (C=O) groups excluding carboxylic acids is 1. The van der Waals surface area contributed by atoms with Crippen LogP contribution < -0.4 is 5.32 Å². The molecular weight excluding hydrogens is 178 g/mol. The molecule has 0 aliphatic heterocycles. The lowest BCUT2D eigenvalue weighted by Gasteiger charge is -2.09. The van der Waals surface area contributed by atoms with E-state index in [-0.39, 0.29) is 11.8 Å². The predicted octanol–water partition coefficient (Wildman–Crippen LogP) is 2.33. The highest BCUT2D eigenvalue weighted by Crippen LogP contribution is 2.05. The molecule has 1 amide bonds. The van der Waals surface area contributed by atoms with Crippen LogP contribution in [-0.4, -0.2) is 5.91 Å². The van der Waals surface area contributed by atoms with E-state index in [1.165, 1.54) is 0 Å². The number of hydrogen-bond acceptors (Lipinski definition) is 2. The Labute approximate surface area is 84.5 Å². The second-order valence-corrected chi connectivity index (χ2v) is 3.49. The maximum atomic E-state index is 11.5. The summed E-state index contributed by atoms with van der Waals surface area (Å²) < 4.78 is 5.11. The molecule has 1 heterocycles. The molecular formula is C11H17NO2. The quantitative estimate of drug-likeness (QED) is 0.783. The third kappa shape index (κ3) is 3.24. The van der Waals surface area contributed by atoms with Crippen molar-refractivity contribution in [3.63, 3.8) is 0 Å². The summed E-state index contributed by atoms with van der Waals surface area (Å²) in [7, 11) is 0. The summed E-state index contributed by atoms with van der Waals surface area (Å²) in [4.78, 5) is 11.5. The van der Waals surface area contributed by atoms with Crippen LogP contribution in [0.3, 0.4) is 0 Å². The fourth-order valence-electron chi connectivity index (χ4n) is 1.33. The summed E-state index contributed by atoms with van der Waals surface area (Å²) >= 11 is 0. The molecule has 0 aromatic carbocycles. The number of nitrogens with one attached hydrogen (secondary N) is 1. The third-order valence-electron chi connectivity index (χ3n) is 2.19. The molecule has 1 rings (SSSR count). The molecule has 14 heavy (non-hydrogen) atoms. The molecule has 1 aromatic rings. The zero-order chi connectivity index (χ0) is 10.4. The van der Waals surface area contributed by atoms with Gasteiger partial charge in [-0.05, 0) is 18.6 Å². The van der Waals surface area contributed by atoms with Crippen molar-refractivity contribution in [1.29, 1.82) is 0 Å². The highest BCUT2D eigenvalue weighted by Gasteiger charge is 2.11.